The van der Waals surface area contributed by atoms with Gasteiger partial charge in [0, 0.05) is 18.8 Å². The zero-order chi connectivity index (χ0) is 12.3. The summed E-state index contributed by atoms with van der Waals surface area (Å²) in [5, 5.41) is 9.49. The van der Waals surface area contributed by atoms with Crippen LogP contribution in [0.4, 0.5) is 5.69 Å². The number of aliphatic hydroxyl groups is 1. The van der Waals surface area contributed by atoms with Crippen LogP contribution < -0.4 is 9.64 Å². The van der Waals surface area contributed by atoms with E-state index in [0.717, 1.165) is 31.9 Å². The number of ether oxygens (including phenoxy) is 1. The molecule has 1 saturated heterocycles. The lowest BCUT2D eigenvalue weighted by atomic mass is 10.2. The van der Waals surface area contributed by atoms with Crippen molar-refractivity contribution in [1.82, 2.24) is 0 Å². The number of benzene rings is 1. The zero-order valence-electron chi connectivity index (χ0n) is 10.6. The van der Waals surface area contributed by atoms with Crippen molar-refractivity contribution in [3.05, 3.63) is 24.3 Å². The van der Waals surface area contributed by atoms with Crippen molar-refractivity contribution in [1.29, 1.82) is 0 Å². The summed E-state index contributed by atoms with van der Waals surface area (Å²) in [4.78, 5) is 2.21. The number of nitrogens with zero attached hydrogens (tertiary/aromatic N) is 1. The van der Waals surface area contributed by atoms with E-state index in [1.54, 1.807) is 0 Å². The number of aliphatic hydroxyl groups excluding tert-OH is 1. The molecule has 0 spiro atoms. The highest BCUT2D eigenvalue weighted by atomic mass is 16.5. The molecule has 94 valence electrons. The number of anilines is 1. The van der Waals surface area contributed by atoms with Gasteiger partial charge in [-0.1, -0.05) is 13.8 Å². The SMILES string of the molecule is CC(C)COc1ccc(N2CC[C@H](O)C2)cc1. The largest absolute Gasteiger partial charge is 0.493 e. The maximum Gasteiger partial charge on any atom is 0.119 e. The summed E-state index contributed by atoms with van der Waals surface area (Å²) in [5.41, 5.74) is 1.17. The van der Waals surface area contributed by atoms with E-state index in [-0.39, 0.29) is 6.10 Å². The lowest BCUT2D eigenvalue weighted by Crippen LogP contribution is -2.20. The Balaban J connectivity index is 1.93. The van der Waals surface area contributed by atoms with Gasteiger partial charge in [-0.2, -0.15) is 0 Å². The van der Waals surface area contributed by atoms with Crippen LogP contribution in [0.15, 0.2) is 24.3 Å². The summed E-state index contributed by atoms with van der Waals surface area (Å²) in [6.45, 7) is 6.71. The molecule has 2 rings (SSSR count). The van der Waals surface area contributed by atoms with Crippen LogP contribution in [0.1, 0.15) is 20.3 Å². The smallest absolute Gasteiger partial charge is 0.119 e. The minimum absolute atomic E-state index is 0.174. The van der Waals surface area contributed by atoms with Gasteiger partial charge in [0.25, 0.3) is 0 Å². The van der Waals surface area contributed by atoms with Crippen LogP contribution in [0.3, 0.4) is 0 Å². The molecule has 1 aromatic carbocycles. The van der Waals surface area contributed by atoms with E-state index < -0.39 is 0 Å². The molecule has 1 heterocycles. The Labute approximate surface area is 103 Å². The lowest BCUT2D eigenvalue weighted by molar-refractivity contribution is 0.198. The Kier molecular flexibility index (Phi) is 3.89. The van der Waals surface area contributed by atoms with E-state index in [0.29, 0.717) is 5.92 Å². The first-order chi connectivity index (χ1) is 8.15. The Bertz CT molecular complexity index is 348. The molecule has 1 aliphatic heterocycles. The minimum atomic E-state index is -0.174. The summed E-state index contributed by atoms with van der Waals surface area (Å²) < 4.78 is 5.64. The number of rotatable bonds is 4. The lowest BCUT2D eigenvalue weighted by Gasteiger charge is -2.18. The fourth-order valence-electron chi connectivity index (χ4n) is 1.99. The van der Waals surface area contributed by atoms with Crippen molar-refractivity contribution in [3.8, 4) is 5.75 Å². The molecule has 1 N–H and O–H groups in total. The monoisotopic (exact) mass is 235 g/mol. The predicted octanol–water partition coefficient (Wildman–Crippen LogP) is 2.29. The quantitative estimate of drug-likeness (QED) is 0.869. The van der Waals surface area contributed by atoms with Crippen LogP contribution in [0.2, 0.25) is 0 Å². The third-order valence-corrected chi connectivity index (χ3v) is 2.95. The van der Waals surface area contributed by atoms with Crippen molar-refractivity contribution in [2.24, 2.45) is 5.92 Å². The second-order valence-corrected chi connectivity index (χ2v) is 5.09. The standard InChI is InChI=1S/C14H21NO2/c1-11(2)10-17-14-5-3-12(4-6-14)15-8-7-13(16)9-15/h3-6,11,13,16H,7-10H2,1-2H3/t13-/m0/s1. The van der Waals surface area contributed by atoms with Gasteiger partial charge in [-0.05, 0) is 36.6 Å². The maximum absolute atomic E-state index is 9.49. The summed E-state index contributed by atoms with van der Waals surface area (Å²) in [6.07, 6.45) is 0.692. The van der Waals surface area contributed by atoms with Crippen LogP contribution in [0.5, 0.6) is 5.75 Å². The molecule has 3 nitrogen and oxygen atoms in total. The molecule has 3 heteroatoms. The molecule has 1 atom stereocenters. The van der Waals surface area contributed by atoms with Gasteiger partial charge < -0.3 is 14.7 Å². The van der Waals surface area contributed by atoms with Crippen molar-refractivity contribution < 1.29 is 9.84 Å². The number of hydrogen-bond donors (Lipinski definition) is 1. The minimum Gasteiger partial charge on any atom is -0.493 e. The summed E-state index contributed by atoms with van der Waals surface area (Å²) >= 11 is 0. The Hall–Kier alpha value is -1.22. The third-order valence-electron chi connectivity index (χ3n) is 2.95. The Morgan fingerprint density at radius 1 is 1.35 bits per heavy atom. The van der Waals surface area contributed by atoms with Crippen LogP contribution >= 0.6 is 0 Å². The van der Waals surface area contributed by atoms with E-state index >= 15 is 0 Å². The fraction of sp³-hybridized carbons (Fsp3) is 0.571. The van der Waals surface area contributed by atoms with Gasteiger partial charge in [0.1, 0.15) is 5.75 Å². The van der Waals surface area contributed by atoms with Gasteiger partial charge in [0.05, 0.1) is 12.7 Å². The normalized spacial score (nSPS) is 20.0. The number of β-amino-alcohol motifs (C(OH)–C–C–N with tert-alkyl or cyclic N) is 1. The van der Waals surface area contributed by atoms with E-state index in [2.05, 4.69) is 30.9 Å². The topological polar surface area (TPSA) is 32.7 Å². The second-order valence-electron chi connectivity index (χ2n) is 5.09. The Morgan fingerprint density at radius 2 is 2.06 bits per heavy atom. The average Bonchev–Trinajstić information content (AvgIpc) is 2.74. The first kappa shape index (κ1) is 12.2. The molecule has 1 aromatic rings. The summed E-state index contributed by atoms with van der Waals surface area (Å²) in [6, 6.07) is 8.13. The van der Waals surface area contributed by atoms with Gasteiger partial charge in [-0.25, -0.2) is 0 Å². The summed E-state index contributed by atoms with van der Waals surface area (Å²) in [5.74, 6) is 1.46. The van der Waals surface area contributed by atoms with Crippen molar-refractivity contribution in [3.63, 3.8) is 0 Å². The second kappa shape index (κ2) is 5.41. The molecule has 1 fully saturated rings. The molecule has 17 heavy (non-hydrogen) atoms. The van der Waals surface area contributed by atoms with Crippen molar-refractivity contribution in [2.45, 2.75) is 26.4 Å². The molecule has 0 aliphatic carbocycles. The molecule has 0 aromatic heterocycles. The van der Waals surface area contributed by atoms with E-state index in [9.17, 15) is 5.11 Å². The molecule has 0 bridgehead atoms. The first-order valence-electron chi connectivity index (χ1n) is 6.31. The summed E-state index contributed by atoms with van der Waals surface area (Å²) in [7, 11) is 0. The van der Waals surface area contributed by atoms with Gasteiger partial charge in [0.2, 0.25) is 0 Å². The third kappa shape index (κ3) is 3.37. The number of hydrogen-bond acceptors (Lipinski definition) is 3. The van der Waals surface area contributed by atoms with E-state index in [1.807, 2.05) is 12.1 Å². The average molecular weight is 235 g/mol. The van der Waals surface area contributed by atoms with E-state index in [1.165, 1.54) is 5.69 Å². The predicted molar refractivity (Wildman–Crippen MR) is 69.6 cm³/mol. The zero-order valence-corrected chi connectivity index (χ0v) is 10.6. The van der Waals surface area contributed by atoms with Crippen LogP contribution in [-0.2, 0) is 0 Å². The highest BCUT2D eigenvalue weighted by Crippen LogP contribution is 2.23. The molecule has 0 radical (unpaired) electrons. The molecule has 0 saturated carbocycles. The Morgan fingerprint density at radius 3 is 2.59 bits per heavy atom. The van der Waals surface area contributed by atoms with Gasteiger partial charge in [0.15, 0.2) is 0 Å². The van der Waals surface area contributed by atoms with Crippen molar-refractivity contribution in [2.75, 3.05) is 24.6 Å². The first-order valence-corrected chi connectivity index (χ1v) is 6.31. The van der Waals surface area contributed by atoms with Crippen LogP contribution in [0.25, 0.3) is 0 Å². The highest BCUT2D eigenvalue weighted by molar-refractivity contribution is 5.50. The van der Waals surface area contributed by atoms with E-state index in [4.69, 9.17) is 4.74 Å². The molecule has 0 unspecified atom stereocenters. The molecule has 0 amide bonds. The van der Waals surface area contributed by atoms with Gasteiger partial charge in [-0.15, -0.1) is 0 Å². The van der Waals surface area contributed by atoms with Gasteiger partial charge in [-0.3, -0.25) is 0 Å². The highest BCUT2D eigenvalue weighted by Gasteiger charge is 2.20. The molecular weight excluding hydrogens is 214 g/mol. The van der Waals surface area contributed by atoms with Gasteiger partial charge >= 0.3 is 0 Å². The van der Waals surface area contributed by atoms with Crippen LogP contribution in [0, 0.1) is 5.92 Å². The fourth-order valence-corrected chi connectivity index (χ4v) is 1.99. The van der Waals surface area contributed by atoms with Crippen LogP contribution in [-0.4, -0.2) is 30.9 Å². The van der Waals surface area contributed by atoms with Crippen molar-refractivity contribution >= 4 is 5.69 Å². The molecular formula is C14H21NO2. The molecule has 1 aliphatic rings. The maximum atomic E-state index is 9.49.